The molecule has 0 amide bonds. The van der Waals surface area contributed by atoms with Gasteiger partial charge in [0.15, 0.2) is 0 Å². The first kappa shape index (κ1) is 11.0. The second-order valence-corrected chi connectivity index (χ2v) is 4.65. The molecule has 0 spiro atoms. The van der Waals surface area contributed by atoms with Gasteiger partial charge in [-0.05, 0) is 0 Å². The Kier molecular flexibility index (Phi) is 2.82. The van der Waals surface area contributed by atoms with E-state index in [1.807, 2.05) is 26.0 Å². The van der Waals surface area contributed by atoms with Crippen LogP contribution in [0.4, 0.5) is 0 Å². The Hall–Kier alpha value is -0.475. The van der Waals surface area contributed by atoms with Crippen molar-refractivity contribution in [1.29, 1.82) is 0 Å². The lowest BCUT2D eigenvalue weighted by Gasteiger charge is -2.34. The van der Waals surface area contributed by atoms with E-state index in [-0.39, 0.29) is 0 Å². The molecule has 0 saturated carbocycles. The molecule has 0 aromatic heterocycles. The standard InChI is InChI=1S/C11H12BBrO2/c1-11(2)14-6-8-4-9(12)3-7(5-13)10(8)15-11/h3-4H,5-6H2,1-2H3. The molecular weight excluding hydrogens is 255 g/mol. The first-order valence-electron chi connectivity index (χ1n) is 4.82. The lowest BCUT2D eigenvalue weighted by atomic mass is 9.91. The van der Waals surface area contributed by atoms with E-state index in [0.717, 1.165) is 27.7 Å². The fourth-order valence-corrected chi connectivity index (χ4v) is 2.06. The number of benzene rings is 1. The van der Waals surface area contributed by atoms with Gasteiger partial charge in [-0.25, -0.2) is 0 Å². The van der Waals surface area contributed by atoms with E-state index in [4.69, 9.17) is 17.3 Å². The highest BCUT2D eigenvalue weighted by atomic mass is 79.9. The summed E-state index contributed by atoms with van der Waals surface area (Å²) in [6.45, 7) is 4.36. The summed E-state index contributed by atoms with van der Waals surface area (Å²) in [4.78, 5) is 0. The van der Waals surface area contributed by atoms with E-state index < -0.39 is 5.79 Å². The van der Waals surface area contributed by atoms with Gasteiger partial charge in [-0.2, -0.15) is 0 Å². The molecule has 0 fully saturated rings. The Bertz CT molecular complexity index is 373. The maximum Gasteiger partial charge on any atom is 0.205 e. The van der Waals surface area contributed by atoms with Crippen molar-refractivity contribution in [3.8, 4) is 5.75 Å². The Morgan fingerprint density at radius 1 is 1.47 bits per heavy atom. The van der Waals surface area contributed by atoms with Crippen molar-refractivity contribution in [2.75, 3.05) is 0 Å². The van der Waals surface area contributed by atoms with Gasteiger partial charge in [0.1, 0.15) is 13.6 Å². The van der Waals surface area contributed by atoms with E-state index >= 15 is 0 Å². The number of fused-ring (bicyclic) bond motifs is 1. The number of halogens is 1. The highest BCUT2D eigenvalue weighted by Gasteiger charge is 2.28. The number of rotatable bonds is 1. The Labute approximate surface area is 99.5 Å². The van der Waals surface area contributed by atoms with Crippen molar-refractivity contribution in [2.24, 2.45) is 0 Å². The summed E-state index contributed by atoms with van der Waals surface area (Å²) in [6, 6.07) is 3.83. The van der Waals surface area contributed by atoms with E-state index in [1.54, 1.807) is 0 Å². The molecule has 0 atom stereocenters. The topological polar surface area (TPSA) is 18.5 Å². The average molecular weight is 267 g/mol. The Morgan fingerprint density at radius 2 is 2.20 bits per heavy atom. The van der Waals surface area contributed by atoms with Crippen LogP contribution in [0.3, 0.4) is 0 Å². The first-order valence-corrected chi connectivity index (χ1v) is 5.94. The van der Waals surface area contributed by atoms with Gasteiger partial charge in [-0.15, -0.1) is 0 Å². The van der Waals surface area contributed by atoms with E-state index in [0.29, 0.717) is 6.61 Å². The number of hydrogen-bond acceptors (Lipinski definition) is 2. The second kappa shape index (κ2) is 3.83. The molecule has 15 heavy (non-hydrogen) atoms. The zero-order valence-corrected chi connectivity index (χ0v) is 10.4. The monoisotopic (exact) mass is 266 g/mol. The lowest BCUT2D eigenvalue weighted by molar-refractivity contribution is -0.180. The molecule has 78 valence electrons. The number of ether oxygens (including phenoxy) is 2. The van der Waals surface area contributed by atoms with Crippen LogP contribution >= 0.6 is 15.9 Å². The smallest absolute Gasteiger partial charge is 0.205 e. The van der Waals surface area contributed by atoms with Crippen LogP contribution in [0.15, 0.2) is 12.1 Å². The third-order valence-corrected chi connectivity index (χ3v) is 2.94. The molecule has 1 heterocycles. The van der Waals surface area contributed by atoms with Crippen LogP contribution < -0.4 is 10.2 Å². The summed E-state index contributed by atoms with van der Waals surface area (Å²) >= 11 is 3.43. The second-order valence-electron chi connectivity index (χ2n) is 4.09. The maximum absolute atomic E-state index is 5.79. The molecule has 0 saturated heterocycles. The molecule has 0 N–H and O–H groups in total. The van der Waals surface area contributed by atoms with Crippen molar-refractivity contribution in [2.45, 2.75) is 31.6 Å². The van der Waals surface area contributed by atoms with Gasteiger partial charge in [0.25, 0.3) is 0 Å². The minimum Gasteiger partial charge on any atom is -0.462 e. The Morgan fingerprint density at radius 3 is 2.87 bits per heavy atom. The van der Waals surface area contributed by atoms with Gasteiger partial charge >= 0.3 is 0 Å². The van der Waals surface area contributed by atoms with Crippen LogP contribution in [0.2, 0.25) is 0 Å². The molecule has 0 bridgehead atoms. The van der Waals surface area contributed by atoms with Crippen LogP contribution in [0.5, 0.6) is 5.75 Å². The van der Waals surface area contributed by atoms with Gasteiger partial charge in [-0.3, -0.25) is 0 Å². The summed E-state index contributed by atoms with van der Waals surface area (Å²) in [5.41, 5.74) is 2.83. The molecule has 2 nitrogen and oxygen atoms in total. The highest BCUT2D eigenvalue weighted by molar-refractivity contribution is 9.08. The molecule has 1 aromatic rings. The largest absolute Gasteiger partial charge is 0.462 e. The Balaban J connectivity index is 2.48. The van der Waals surface area contributed by atoms with Gasteiger partial charge in [0, 0.05) is 30.3 Å². The van der Waals surface area contributed by atoms with Gasteiger partial charge in [0.05, 0.1) is 6.61 Å². The van der Waals surface area contributed by atoms with Crippen LogP contribution in [0.1, 0.15) is 25.0 Å². The molecule has 1 aromatic carbocycles. The van der Waals surface area contributed by atoms with Crippen molar-refractivity contribution in [3.63, 3.8) is 0 Å². The quantitative estimate of drug-likeness (QED) is 0.572. The number of hydrogen-bond donors (Lipinski definition) is 0. The summed E-state index contributed by atoms with van der Waals surface area (Å²) < 4.78 is 11.3. The van der Waals surface area contributed by atoms with Crippen LogP contribution in [0.25, 0.3) is 0 Å². The third-order valence-electron chi connectivity index (χ3n) is 2.33. The molecule has 1 aliphatic rings. The van der Waals surface area contributed by atoms with E-state index in [2.05, 4.69) is 15.9 Å². The normalized spacial score (nSPS) is 18.1. The predicted molar refractivity (Wildman–Crippen MR) is 64.0 cm³/mol. The molecule has 2 radical (unpaired) electrons. The zero-order valence-electron chi connectivity index (χ0n) is 8.84. The fourth-order valence-electron chi connectivity index (χ4n) is 1.65. The number of alkyl halides is 1. The van der Waals surface area contributed by atoms with Crippen LogP contribution in [-0.2, 0) is 16.7 Å². The van der Waals surface area contributed by atoms with Gasteiger partial charge in [-0.1, -0.05) is 33.5 Å². The molecule has 0 unspecified atom stereocenters. The average Bonchev–Trinajstić information content (AvgIpc) is 2.17. The highest BCUT2D eigenvalue weighted by Crippen LogP contribution is 2.34. The van der Waals surface area contributed by atoms with Gasteiger partial charge < -0.3 is 9.47 Å². The van der Waals surface area contributed by atoms with Crippen molar-refractivity contribution in [3.05, 3.63) is 23.3 Å². The fraction of sp³-hybridized carbons (Fsp3) is 0.455. The summed E-state index contributed by atoms with van der Waals surface area (Å²) in [7, 11) is 5.79. The van der Waals surface area contributed by atoms with Gasteiger partial charge in [0.2, 0.25) is 5.79 Å². The minimum atomic E-state index is -0.556. The molecule has 4 heteroatoms. The zero-order chi connectivity index (χ0) is 11.1. The van der Waals surface area contributed by atoms with Crippen molar-refractivity contribution < 1.29 is 9.47 Å². The predicted octanol–water partition coefficient (Wildman–Crippen LogP) is 2.02. The van der Waals surface area contributed by atoms with Crippen molar-refractivity contribution >= 4 is 29.2 Å². The lowest BCUT2D eigenvalue weighted by Crippen LogP contribution is -2.36. The molecule has 2 rings (SSSR count). The summed E-state index contributed by atoms with van der Waals surface area (Å²) in [6.07, 6.45) is 0. The van der Waals surface area contributed by atoms with E-state index in [9.17, 15) is 0 Å². The SMILES string of the molecule is [B]c1cc(CBr)c2c(c1)COC(C)(C)O2. The first-order chi connectivity index (χ1) is 7.02. The van der Waals surface area contributed by atoms with Crippen molar-refractivity contribution in [1.82, 2.24) is 0 Å². The van der Waals surface area contributed by atoms with E-state index in [1.165, 1.54) is 0 Å². The summed E-state index contributed by atoms with van der Waals surface area (Å²) in [5.74, 6) is 0.345. The minimum absolute atomic E-state index is 0.549. The molecule has 0 aliphatic carbocycles. The maximum atomic E-state index is 5.79. The summed E-state index contributed by atoms with van der Waals surface area (Å²) in [5, 5.41) is 0.733. The molecule has 1 aliphatic heterocycles. The van der Waals surface area contributed by atoms with Crippen LogP contribution in [0, 0.1) is 0 Å². The third kappa shape index (κ3) is 2.21. The van der Waals surface area contributed by atoms with Crippen LogP contribution in [-0.4, -0.2) is 13.6 Å². The molecular formula is C11H12BBrO2.